The minimum Gasteiger partial charge on any atom is -0.436 e. The van der Waals surface area contributed by atoms with Crippen molar-refractivity contribution in [2.75, 3.05) is 11.1 Å². The van der Waals surface area contributed by atoms with Gasteiger partial charge in [-0.1, -0.05) is 19.1 Å². The van der Waals surface area contributed by atoms with Crippen molar-refractivity contribution in [3.05, 3.63) is 78.4 Å². The van der Waals surface area contributed by atoms with Crippen LogP contribution >= 0.6 is 11.8 Å². The average Bonchev–Trinajstić information content (AvgIpc) is 3.13. The largest absolute Gasteiger partial charge is 0.436 e. The zero-order valence-electron chi connectivity index (χ0n) is 14.8. The number of amides is 1. The van der Waals surface area contributed by atoms with E-state index in [9.17, 15) is 4.79 Å². The molecule has 0 spiro atoms. The third-order valence-electron chi connectivity index (χ3n) is 4.11. The highest BCUT2D eigenvalue weighted by molar-refractivity contribution is 7.99. The molecule has 0 unspecified atom stereocenters. The van der Waals surface area contributed by atoms with E-state index >= 15 is 0 Å². The molecule has 1 N–H and O–H groups in total. The quantitative estimate of drug-likeness (QED) is 0.445. The normalized spacial score (nSPS) is 10.9. The van der Waals surface area contributed by atoms with Gasteiger partial charge in [0.25, 0.3) is 5.91 Å². The summed E-state index contributed by atoms with van der Waals surface area (Å²) in [5.41, 5.74) is 3.82. The first-order chi connectivity index (χ1) is 13.2. The zero-order chi connectivity index (χ0) is 18.6. The van der Waals surface area contributed by atoms with Gasteiger partial charge in [0, 0.05) is 21.7 Å². The number of carbonyl (C=O) groups excluding carboxylic acids is 1. The van der Waals surface area contributed by atoms with E-state index in [0.29, 0.717) is 11.5 Å². The van der Waals surface area contributed by atoms with Crippen LogP contribution in [0.2, 0.25) is 0 Å². The summed E-state index contributed by atoms with van der Waals surface area (Å²) in [6.45, 7) is 2.11. The number of para-hydroxylation sites is 2. The molecule has 5 heteroatoms. The number of nitrogens with zero attached hydrogens (tertiary/aromatic N) is 1. The Labute approximate surface area is 161 Å². The Morgan fingerprint density at radius 2 is 1.74 bits per heavy atom. The minimum atomic E-state index is -0.127. The molecule has 1 amide bonds. The van der Waals surface area contributed by atoms with Gasteiger partial charge in [0.05, 0.1) is 0 Å². The summed E-state index contributed by atoms with van der Waals surface area (Å²) in [6.07, 6.45) is 0. The maximum Gasteiger partial charge on any atom is 0.255 e. The van der Waals surface area contributed by atoms with Crippen LogP contribution in [0.15, 0.2) is 82.1 Å². The number of aromatic nitrogens is 1. The molecule has 4 rings (SSSR count). The topological polar surface area (TPSA) is 55.1 Å². The van der Waals surface area contributed by atoms with Crippen molar-refractivity contribution >= 4 is 34.5 Å². The predicted octanol–water partition coefficient (Wildman–Crippen LogP) is 5.86. The molecule has 0 aliphatic carbocycles. The Hall–Kier alpha value is -3.05. The number of benzene rings is 3. The third-order valence-corrected chi connectivity index (χ3v) is 5.01. The fourth-order valence-corrected chi connectivity index (χ4v) is 3.43. The number of anilines is 1. The third kappa shape index (κ3) is 3.88. The molecule has 0 aliphatic heterocycles. The standard InChI is InChI=1S/C22H18N2O2S/c1-2-27-18-13-9-15(10-14-18)21(25)23-17-11-7-16(8-12-17)22-24-19-5-3-4-6-20(19)26-22/h3-14H,2H2,1H3,(H,23,25). The van der Waals surface area contributed by atoms with Gasteiger partial charge in [-0.3, -0.25) is 4.79 Å². The smallest absolute Gasteiger partial charge is 0.255 e. The fourth-order valence-electron chi connectivity index (χ4n) is 2.76. The number of fused-ring (bicyclic) bond motifs is 1. The van der Waals surface area contributed by atoms with E-state index in [4.69, 9.17) is 4.42 Å². The number of hydrogen-bond acceptors (Lipinski definition) is 4. The highest BCUT2D eigenvalue weighted by Gasteiger charge is 2.09. The van der Waals surface area contributed by atoms with Crippen molar-refractivity contribution < 1.29 is 9.21 Å². The summed E-state index contributed by atoms with van der Waals surface area (Å²) in [5, 5.41) is 2.92. The average molecular weight is 374 g/mol. The Kier molecular flexibility index (Phi) is 4.94. The molecule has 0 saturated carbocycles. The monoisotopic (exact) mass is 374 g/mol. The Bertz CT molecular complexity index is 1040. The Morgan fingerprint density at radius 3 is 2.44 bits per heavy atom. The molecule has 0 bridgehead atoms. The lowest BCUT2D eigenvalue weighted by molar-refractivity contribution is 0.102. The van der Waals surface area contributed by atoms with Crippen LogP contribution in [0.4, 0.5) is 5.69 Å². The summed E-state index contributed by atoms with van der Waals surface area (Å²) >= 11 is 1.75. The fraction of sp³-hybridized carbons (Fsp3) is 0.0909. The summed E-state index contributed by atoms with van der Waals surface area (Å²) in [7, 11) is 0. The first-order valence-corrected chi connectivity index (χ1v) is 9.72. The van der Waals surface area contributed by atoms with Crippen LogP contribution in [0.25, 0.3) is 22.6 Å². The molecule has 0 radical (unpaired) electrons. The number of thioether (sulfide) groups is 1. The van der Waals surface area contributed by atoms with Crippen LogP contribution in [0.3, 0.4) is 0 Å². The minimum absolute atomic E-state index is 0.127. The maximum absolute atomic E-state index is 12.4. The maximum atomic E-state index is 12.4. The van der Waals surface area contributed by atoms with Gasteiger partial charge in [0.15, 0.2) is 5.58 Å². The van der Waals surface area contributed by atoms with Gasteiger partial charge in [-0.2, -0.15) is 0 Å². The molecule has 0 fully saturated rings. The molecular weight excluding hydrogens is 356 g/mol. The lowest BCUT2D eigenvalue weighted by Crippen LogP contribution is -2.11. The second-order valence-electron chi connectivity index (χ2n) is 5.98. The van der Waals surface area contributed by atoms with E-state index in [-0.39, 0.29) is 5.91 Å². The highest BCUT2D eigenvalue weighted by atomic mass is 32.2. The number of hydrogen-bond donors (Lipinski definition) is 1. The van der Waals surface area contributed by atoms with Gasteiger partial charge in [0.2, 0.25) is 5.89 Å². The zero-order valence-corrected chi connectivity index (χ0v) is 15.6. The van der Waals surface area contributed by atoms with Gasteiger partial charge < -0.3 is 9.73 Å². The van der Waals surface area contributed by atoms with Crippen molar-refractivity contribution in [2.24, 2.45) is 0 Å². The number of oxazole rings is 1. The summed E-state index contributed by atoms with van der Waals surface area (Å²) in [4.78, 5) is 18.1. The number of rotatable bonds is 5. The molecule has 27 heavy (non-hydrogen) atoms. The molecule has 1 aromatic heterocycles. The van der Waals surface area contributed by atoms with E-state index in [0.717, 1.165) is 33.0 Å². The second-order valence-corrected chi connectivity index (χ2v) is 7.31. The van der Waals surface area contributed by atoms with Crippen molar-refractivity contribution in [3.63, 3.8) is 0 Å². The highest BCUT2D eigenvalue weighted by Crippen LogP contribution is 2.25. The van der Waals surface area contributed by atoms with Crippen molar-refractivity contribution in [3.8, 4) is 11.5 Å². The molecule has 0 saturated heterocycles. The summed E-state index contributed by atoms with van der Waals surface area (Å²) in [5.74, 6) is 1.45. The first kappa shape index (κ1) is 17.4. The SMILES string of the molecule is CCSc1ccc(C(=O)Nc2ccc(-c3nc4ccccc4o3)cc2)cc1. The molecule has 4 aromatic rings. The van der Waals surface area contributed by atoms with Crippen molar-refractivity contribution in [1.29, 1.82) is 0 Å². The van der Waals surface area contributed by atoms with E-state index in [1.807, 2.05) is 72.8 Å². The van der Waals surface area contributed by atoms with Crippen LogP contribution in [0, 0.1) is 0 Å². The van der Waals surface area contributed by atoms with Crippen LogP contribution in [-0.4, -0.2) is 16.6 Å². The van der Waals surface area contributed by atoms with Gasteiger partial charge in [-0.25, -0.2) is 4.98 Å². The van der Waals surface area contributed by atoms with Gasteiger partial charge in [-0.05, 0) is 66.4 Å². The number of nitrogens with one attached hydrogen (secondary N) is 1. The van der Waals surface area contributed by atoms with E-state index in [1.165, 1.54) is 0 Å². The van der Waals surface area contributed by atoms with Gasteiger partial charge in [-0.15, -0.1) is 11.8 Å². The lowest BCUT2D eigenvalue weighted by atomic mass is 10.2. The molecule has 134 valence electrons. The molecule has 4 nitrogen and oxygen atoms in total. The predicted molar refractivity (Wildman–Crippen MR) is 110 cm³/mol. The van der Waals surface area contributed by atoms with E-state index in [2.05, 4.69) is 17.2 Å². The first-order valence-electron chi connectivity index (χ1n) is 8.73. The van der Waals surface area contributed by atoms with Gasteiger partial charge >= 0.3 is 0 Å². The van der Waals surface area contributed by atoms with Crippen LogP contribution in [0.5, 0.6) is 0 Å². The second kappa shape index (κ2) is 7.68. The Balaban J connectivity index is 1.47. The molecule has 3 aromatic carbocycles. The summed E-state index contributed by atoms with van der Waals surface area (Å²) in [6, 6.07) is 22.8. The number of carbonyl (C=O) groups is 1. The molecular formula is C22H18N2O2S. The molecule has 1 heterocycles. The van der Waals surface area contributed by atoms with E-state index in [1.54, 1.807) is 11.8 Å². The van der Waals surface area contributed by atoms with Crippen molar-refractivity contribution in [1.82, 2.24) is 4.98 Å². The van der Waals surface area contributed by atoms with E-state index < -0.39 is 0 Å². The van der Waals surface area contributed by atoms with Gasteiger partial charge in [0.1, 0.15) is 5.52 Å². The van der Waals surface area contributed by atoms with Crippen LogP contribution in [0.1, 0.15) is 17.3 Å². The van der Waals surface area contributed by atoms with Crippen molar-refractivity contribution in [2.45, 2.75) is 11.8 Å². The van der Waals surface area contributed by atoms with Crippen LogP contribution < -0.4 is 5.32 Å². The summed E-state index contributed by atoms with van der Waals surface area (Å²) < 4.78 is 5.77. The lowest BCUT2D eigenvalue weighted by Gasteiger charge is -2.06. The molecule has 0 atom stereocenters. The molecule has 0 aliphatic rings. The Morgan fingerprint density at radius 1 is 1.00 bits per heavy atom. The van der Waals surface area contributed by atoms with Crippen LogP contribution in [-0.2, 0) is 0 Å².